The predicted molar refractivity (Wildman–Crippen MR) is 108 cm³/mol. The van der Waals surface area contributed by atoms with Gasteiger partial charge in [-0.3, -0.25) is 9.59 Å². The molecule has 9 heteroatoms. The number of hydrogen-bond donors (Lipinski definition) is 1. The monoisotopic (exact) mass is 431 g/mol. The number of ether oxygens (including phenoxy) is 1. The highest BCUT2D eigenvalue weighted by Gasteiger charge is 2.34. The Morgan fingerprint density at radius 3 is 2.52 bits per heavy atom. The van der Waals surface area contributed by atoms with Crippen LogP contribution in [0.1, 0.15) is 36.0 Å². The van der Waals surface area contributed by atoms with E-state index in [1.807, 2.05) is 11.9 Å². The van der Waals surface area contributed by atoms with Gasteiger partial charge in [-0.15, -0.1) is 12.4 Å². The van der Waals surface area contributed by atoms with Crippen LogP contribution in [-0.4, -0.2) is 67.5 Å². The third kappa shape index (κ3) is 5.79. The van der Waals surface area contributed by atoms with Gasteiger partial charge in [0.25, 0.3) is 5.91 Å². The zero-order chi connectivity index (χ0) is 20.1. The molecular weight excluding hydrogens is 404 g/mol. The molecule has 1 aromatic rings. The third-order valence-electron chi connectivity index (χ3n) is 5.53. The number of halogens is 3. The summed E-state index contributed by atoms with van der Waals surface area (Å²) < 4.78 is 29.8. The smallest absolute Gasteiger partial charge is 0.387 e. The van der Waals surface area contributed by atoms with Gasteiger partial charge in [-0.05, 0) is 44.9 Å². The molecule has 2 aliphatic heterocycles. The molecule has 0 saturated carbocycles. The van der Waals surface area contributed by atoms with Crippen LogP contribution in [-0.2, 0) is 4.79 Å². The summed E-state index contributed by atoms with van der Waals surface area (Å²) in [6, 6.07) is 6.30. The van der Waals surface area contributed by atoms with Gasteiger partial charge in [-0.25, -0.2) is 0 Å². The van der Waals surface area contributed by atoms with Crippen molar-refractivity contribution >= 4 is 24.2 Å². The van der Waals surface area contributed by atoms with E-state index in [-0.39, 0.29) is 41.5 Å². The summed E-state index contributed by atoms with van der Waals surface area (Å²) in [5.74, 6) is -0.685. The van der Waals surface area contributed by atoms with E-state index in [0.717, 1.165) is 25.8 Å². The van der Waals surface area contributed by atoms with Crippen LogP contribution in [0.5, 0.6) is 5.75 Å². The van der Waals surface area contributed by atoms with E-state index in [2.05, 4.69) is 10.1 Å². The van der Waals surface area contributed by atoms with Gasteiger partial charge in [-0.1, -0.05) is 12.1 Å². The zero-order valence-corrected chi connectivity index (χ0v) is 17.3. The number of amides is 2. The highest BCUT2D eigenvalue weighted by molar-refractivity contribution is 5.97. The van der Waals surface area contributed by atoms with E-state index in [0.29, 0.717) is 32.1 Å². The Labute approximate surface area is 176 Å². The third-order valence-corrected chi connectivity index (χ3v) is 5.53. The van der Waals surface area contributed by atoms with Gasteiger partial charge < -0.3 is 19.9 Å². The van der Waals surface area contributed by atoms with Crippen LogP contribution in [0.4, 0.5) is 8.78 Å². The van der Waals surface area contributed by atoms with Crippen LogP contribution in [0.2, 0.25) is 0 Å². The molecule has 2 unspecified atom stereocenters. The molecular formula is C20H28ClF2N3O3. The van der Waals surface area contributed by atoms with Gasteiger partial charge in [-0.2, -0.15) is 8.78 Å². The van der Waals surface area contributed by atoms with Gasteiger partial charge in [0.05, 0.1) is 11.5 Å². The van der Waals surface area contributed by atoms with E-state index in [1.54, 1.807) is 17.0 Å². The maximum absolute atomic E-state index is 13.0. The van der Waals surface area contributed by atoms with Gasteiger partial charge in [0, 0.05) is 32.2 Å². The molecule has 2 saturated heterocycles. The summed E-state index contributed by atoms with van der Waals surface area (Å²) in [5.41, 5.74) is 0.101. The number of carbonyl (C=O) groups is 2. The van der Waals surface area contributed by atoms with Crippen molar-refractivity contribution in [2.45, 2.75) is 38.3 Å². The number of para-hydroxylation sites is 1. The highest BCUT2D eigenvalue weighted by Crippen LogP contribution is 2.26. The van der Waals surface area contributed by atoms with Gasteiger partial charge in [0.15, 0.2) is 0 Å². The number of hydrogen-bond acceptors (Lipinski definition) is 4. The Kier molecular flexibility index (Phi) is 8.64. The Morgan fingerprint density at radius 1 is 1.10 bits per heavy atom. The van der Waals surface area contributed by atoms with Crippen molar-refractivity contribution in [3.8, 4) is 5.75 Å². The maximum atomic E-state index is 13.0. The zero-order valence-electron chi connectivity index (χ0n) is 16.5. The minimum absolute atomic E-state index is 0. The lowest BCUT2D eigenvalue weighted by molar-refractivity contribution is -0.138. The van der Waals surface area contributed by atoms with Crippen molar-refractivity contribution in [1.29, 1.82) is 0 Å². The molecule has 6 nitrogen and oxygen atoms in total. The van der Waals surface area contributed by atoms with E-state index in [4.69, 9.17) is 0 Å². The average molecular weight is 432 g/mol. The minimum Gasteiger partial charge on any atom is -0.434 e. The summed E-state index contributed by atoms with van der Waals surface area (Å²) in [4.78, 5) is 29.3. The topological polar surface area (TPSA) is 61.9 Å². The number of likely N-dealkylation sites (tertiary alicyclic amines) is 2. The molecule has 2 atom stereocenters. The summed E-state index contributed by atoms with van der Waals surface area (Å²) in [6.45, 7) is -0.757. The molecule has 0 aliphatic carbocycles. The first-order valence-electron chi connectivity index (χ1n) is 9.78. The lowest BCUT2D eigenvalue weighted by atomic mass is 9.94. The quantitative estimate of drug-likeness (QED) is 0.778. The van der Waals surface area contributed by atoms with Crippen molar-refractivity contribution in [1.82, 2.24) is 15.1 Å². The van der Waals surface area contributed by atoms with Crippen LogP contribution in [0.15, 0.2) is 24.3 Å². The Morgan fingerprint density at radius 2 is 1.79 bits per heavy atom. The normalized spacial score (nSPS) is 22.2. The summed E-state index contributed by atoms with van der Waals surface area (Å²) in [6.07, 6.45) is 3.46. The second-order valence-corrected chi connectivity index (χ2v) is 7.38. The second kappa shape index (κ2) is 10.7. The van der Waals surface area contributed by atoms with Crippen molar-refractivity contribution < 1.29 is 23.1 Å². The van der Waals surface area contributed by atoms with Gasteiger partial charge in [0.1, 0.15) is 5.75 Å². The van der Waals surface area contributed by atoms with Crippen molar-refractivity contribution in [3.05, 3.63) is 29.8 Å². The first-order valence-corrected chi connectivity index (χ1v) is 9.78. The first-order chi connectivity index (χ1) is 13.5. The molecule has 3 rings (SSSR count). The van der Waals surface area contributed by atoms with Gasteiger partial charge >= 0.3 is 6.61 Å². The Bertz CT molecular complexity index is 707. The highest BCUT2D eigenvalue weighted by atomic mass is 35.5. The number of piperidine rings is 2. The Balaban J connectivity index is 0.00000300. The molecule has 0 spiro atoms. The molecule has 29 heavy (non-hydrogen) atoms. The molecule has 0 bridgehead atoms. The number of alkyl halides is 2. The molecule has 2 aliphatic rings. The number of likely N-dealkylation sites (N-methyl/N-ethyl adjacent to an activating group) is 1. The standard InChI is InChI=1S/C20H27F2N3O3.ClH/c1-23-15-7-5-11-25(13-15)18(26)14-6-4-10-24(12-14)19(27)16-8-2-3-9-17(16)28-20(21)22;/h2-3,8-9,14-15,20,23H,4-7,10-13H2,1H3;1H. The summed E-state index contributed by atoms with van der Waals surface area (Å²) >= 11 is 0. The molecule has 2 fully saturated rings. The van der Waals surface area contributed by atoms with Crippen LogP contribution in [0.3, 0.4) is 0 Å². The van der Waals surface area contributed by atoms with Crippen molar-refractivity contribution in [2.24, 2.45) is 5.92 Å². The van der Waals surface area contributed by atoms with Crippen molar-refractivity contribution in [2.75, 3.05) is 33.2 Å². The number of benzene rings is 1. The molecule has 1 aromatic carbocycles. The number of nitrogens with zero attached hydrogens (tertiary/aromatic N) is 2. The molecule has 2 amide bonds. The first kappa shape index (κ1) is 23.3. The number of nitrogens with one attached hydrogen (secondary N) is 1. The Hall–Kier alpha value is -1.93. The SMILES string of the molecule is CNC1CCCN(C(=O)C2CCCN(C(=O)c3ccccc3OC(F)F)C2)C1.Cl. The van der Waals surface area contributed by atoms with Crippen LogP contribution in [0.25, 0.3) is 0 Å². The van der Waals surface area contributed by atoms with Crippen molar-refractivity contribution in [3.63, 3.8) is 0 Å². The molecule has 2 heterocycles. The lowest BCUT2D eigenvalue weighted by Crippen LogP contribution is -2.52. The second-order valence-electron chi connectivity index (χ2n) is 7.38. The minimum atomic E-state index is -3.00. The lowest BCUT2D eigenvalue weighted by Gasteiger charge is -2.38. The van der Waals surface area contributed by atoms with E-state index in [1.165, 1.54) is 12.1 Å². The fraction of sp³-hybridized carbons (Fsp3) is 0.600. The fourth-order valence-electron chi connectivity index (χ4n) is 4.05. The molecule has 1 N–H and O–H groups in total. The van der Waals surface area contributed by atoms with Gasteiger partial charge in [0.2, 0.25) is 5.91 Å². The summed E-state index contributed by atoms with van der Waals surface area (Å²) in [5, 5.41) is 3.23. The molecule has 0 radical (unpaired) electrons. The summed E-state index contributed by atoms with van der Waals surface area (Å²) in [7, 11) is 1.90. The van der Waals surface area contributed by atoms with E-state index < -0.39 is 6.61 Å². The predicted octanol–water partition coefficient (Wildman–Crippen LogP) is 2.77. The number of carbonyl (C=O) groups excluding carboxylic acids is 2. The fourth-order valence-corrected chi connectivity index (χ4v) is 4.05. The molecule has 0 aromatic heterocycles. The van der Waals surface area contributed by atoms with E-state index >= 15 is 0 Å². The largest absolute Gasteiger partial charge is 0.434 e. The van der Waals surface area contributed by atoms with E-state index in [9.17, 15) is 18.4 Å². The maximum Gasteiger partial charge on any atom is 0.387 e. The van der Waals surface area contributed by atoms with Crippen LogP contribution >= 0.6 is 12.4 Å². The number of rotatable bonds is 5. The molecule has 162 valence electrons. The average Bonchev–Trinajstić information content (AvgIpc) is 2.73. The van der Waals surface area contributed by atoms with Crippen LogP contribution < -0.4 is 10.1 Å². The van der Waals surface area contributed by atoms with Crippen LogP contribution in [0, 0.1) is 5.92 Å².